The van der Waals surface area contributed by atoms with Crippen molar-refractivity contribution in [3.05, 3.63) is 71.8 Å². The Balaban J connectivity index is 2.18. The van der Waals surface area contributed by atoms with Gasteiger partial charge in [-0.1, -0.05) is 80.4 Å². The number of benzene rings is 2. The van der Waals surface area contributed by atoms with E-state index < -0.39 is 0 Å². The first-order valence-electron chi connectivity index (χ1n) is 8.70. The van der Waals surface area contributed by atoms with Crippen molar-refractivity contribution in [2.75, 3.05) is 0 Å². The van der Waals surface area contributed by atoms with Crippen LogP contribution in [-0.4, -0.2) is 22.2 Å². The van der Waals surface area contributed by atoms with Crippen molar-refractivity contribution in [1.29, 1.82) is 0 Å². The highest BCUT2D eigenvalue weighted by molar-refractivity contribution is 5.17. The van der Waals surface area contributed by atoms with Crippen LogP contribution < -0.4 is 0 Å². The lowest BCUT2D eigenvalue weighted by Crippen LogP contribution is -2.41. The molecule has 2 nitrogen and oxygen atoms in total. The number of hydrogen-bond donors (Lipinski definition) is 1. The van der Waals surface area contributed by atoms with Crippen LogP contribution >= 0.6 is 0 Å². The molecule has 23 heavy (non-hydrogen) atoms. The second-order valence-corrected chi connectivity index (χ2v) is 6.33. The largest absolute Gasteiger partial charge is 0.392 e. The highest BCUT2D eigenvalue weighted by Crippen LogP contribution is 2.19. The summed E-state index contributed by atoms with van der Waals surface area (Å²) in [4.78, 5) is 2.42. The first-order valence-corrected chi connectivity index (χ1v) is 8.70. The highest BCUT2D eigenvalue weighted by Gasteiger charge is 2.23. The van der Waals surface area contributed by atoms with E-state index in [4.69, 9.17) is 0 Å². The molecule has 2 aromatic rings. The average molecular weight is 311 g/mol. The molecule has 0 saturated carbocycles. The molecule has 0 fully saturated rings. The Kier molecular flexibility index (Phi) is 7.31. The van der Waals surface area contributed by atoms with Gasteiger partial charge in [0, 0.05) is 19.1 Å². The fourth-order valence-electron chi connectivity index (χ4n) is 3.07. The Labute approximate surface area is 140 Å². The summed E-state index contributed by atoms with van der Waals surface area (Å²) in [6.45, 7) is 5.87. The molecular formula is C21H29NO. The molecule has 0 heterocycles. The molecule has 0 radical (unpaired) electrons. The summed E-state index contributed by atoms with van der Waals surface area (Å²) in [5.74, 6) is 0. The zero-order chi connectivity index (χ0) is 16.5. The monoisotopic (exact) mass is 311 g/mol. The third kappa shape index (κ3) is 5.81. The predicted molar refractivity (Wildman–Crippen MR) is 97.1 cm³/mol. The molecule has 0 aromatic heterocycles. The van der Waals surface area contributed by atoms with Gasteiger partial charge in [0.25, 0.3) is 0 Å². The molecule has 2 rings (SSSR count). The molecule has 0 aliphatic carbocycles. The van der Waals surface area contributed by atoms with Crippen molar-refractivity contribution in [2.24, 2.45) is 0 Å². The van der Waals surface area contributed by atoms with Gasteiger partial charge in [-0.3, -0.25) is 4.90 Å². The summed E-state index contributed by atoms with van der Waals surface area (Å²) in [6, 6.07) is 21.3. The van der Waals surface area contributed by atoms with Gasteiger partial charge < -0.3 is 5.11 Å². The fraction of sp³-hybridized carbons (Fsp3) is 0.429. The highest BCUT2D eigenvalue weighted by atomic mass is 16.3. The number of aliphatic hydroxyl groups is 1. The van der Waals surface area contributed by atoms with Crippen molar-refractivity contribution in [3.8, 4) is 0 Å². The number of unbranched alkanes of at least 4 members (excludes halogenated alkanes) is 1. The van der Waals surface area contributed by atoms with Crippen LogP contribution in [0.2, 0.25) is 0 Å². The number of nitrogens with zero attached hydrogens (tertiary/aromatic N) is 1. The molecule has 2 heteroatoms. The van der Waals surface area contributed by atoms with Crippen LogP contribution in [0.3, 0.4) is 0 Å². The normalized spacial score (nSPS) is 13.9. The second kappa shape index (κ2) is 9.49. The SMILES string of the molecule is CCCC[C@H]([C@@H](C)O)N(Cc1ccccc1)Cc1ccccc1. The molecule has 0 bridgehead atoms. The lowest BCUT2D eigenvalue weighted by Gasteiger charge is -2.34. The zero-order valence-electron chi connectivity index (χ0n) is 14.4. The van der Waals surface area contributed by atoms with Crippen LogP contribution in [0.5, 0.6) is 0 Å². The Hall–Kier alpha value is -1.64. The predicted octanol–water partition coefficient (Wildman–Crippen LogP) is 4.63. The minimum absolute atomic E-state index is 0.190. The van der Waals surface area contributed by atoms with Crippen LogP contribution in [0.1, 0.15) is 44.2 Å². The first kappa shape index (κ1) is 17.7. The van der Waals surface area contributed by atoms with Gasteiger partial charge in [-0.2, -0.15) is 0 Å². The molecule has 124 valence electrons. The minimum Gasteiger partial charge on any atom is -0.392 e. The van der Waals surface area contributed by atoms with E-state index in [9.17, 15) is 5.11 Å². The van der Waals surface area contributed by atoms with E-state index in [1.165, 1.54) is 11.1 Å². The molecule has 2 aromatic carbocycles. The van der Waals surface area contributed by atoms with Gasteiger partial charge >= 0.3 is 0 Å². The maximum Gasteiger partial charge on any atom is 0.0667 e. The second-order valence-electron chi connectivity index (χ2n) is 6.33. The van der Waals surface area contributed by atoms with Crippen molar-refractivity contribution >= 4 is 0 Å². The first-order chi connectivity index (χ1) is 11.2. The third-order valence-corrected chi connectivity index (χ3v) is 4.34. The average Bonchev–Trinajstić information content (AvgIpc) is 2.56. The van der Waals surface area contributed by atoms with Crippen molar-refractivity contribution in [1.82, 2.24) is 4.90 Å². The molecule has 0 spiro atoms. The van der Waals surface area contributed by atoms with Crippen molar-refractivity contribution in [3.63, 3.8) is 0 Å². The van der Waals surface area contributed by atoms with Gasteiger partial charge in [0.2, 0.25) is 0 Å². The van der Waals surface area contributed by atoms with Crippen LogP contribution in [0.25, 0.3) is 0 Å². The van der Waals surface area contributed by atoms with E-state index in [0.29, 0.717) is 0 Å². The Morgan fingerprint density at radius 1 is 0.870 bits per heavy atom. The standard InChI is InChI=1S/C21H29NO/c1-3-4-15-21(18(2)23)22(16-19-11-7-5-8-12-19)17-20-13-9-6-10-14-20/h5-14,18,21,23H,3-4,15-17H2,1-2H3/t18-,21-/m1/s1. The van der Waals surface area contributed by atoms with E-state index >= 15 is 0 Å². The lowest BCUT2D eigenvalue weighted by atomic mass is 10.0. The molecule has 0 aliphatic heterocycles. The Morgan fingerprint density at radius 2 is 1.35 bits per heavy atom. The molecule has 1 N–H and O–H groups in total. The maximum atomic E-state index is 10.3. The molecule has 0 unspecified atom stereocenters. The topological polar surface area (TPSA) is 23.5 Å². The molecule has 0 aliphatic rings. The smallest absolute Gasteiger partial charge is 0.0667 e. The van der Waals surface area contributed by atoms with Gasteiger partial charge in [0.15, 0.2) is 0 Å². The summed E-state index contributed by atoms with van der Waals surface area (Å²) in [7, 11) is 0. The maximum absolute atomic E-state index is 10.3. The van der Waals surface area contributed by atoms with Crippen LogP contribution in [0, 0.1) is 0 Å². The van der Waals surface area contributed by atoms with Gasteiger partial charge in [-0.05, 0) is 24.5 Å². The van der Waals surface area contributed by atoms with Crippen LogP contribution in [0.15, 0.2) is 60.7 Å². The van der Waals surface area contributed by atoms with Crippen LogP contribution in [-0.2, 0) is 13.1 Å². The number of hydrogen-bond acceptors (Lipinski definition) is 2. The molecule has 0 amide bonds. The quantitative estimate of drug-likeness (QED) is 0.730. The third-order valence-electron chi connectivity index (χ3n) is 4.34. The van der Waals surface area contributed by atoms with Gasteiger partial charge in [0.05, 0.1) is 6.10 Å². The Morgan fingerprint density at radius 3 is 1.74 bits per heavy atom. The van der Waals surface area contributed by atoms with Gasteiger partial charge in [0.1, 0.15) is 0 Å². The molecule has 0 saturated heterocycles. The van der Waals surface area contributed by atoms with Gasteiger partial charge in [-0.15, -0.1) is 0 Å². The number of aliphatic hydroxyl groups excluding tert-OH is 1. The summed E-state index contributed by atoms with van der Waals surface area (Å²) < 4.78 is 0. The summed E-state index contributed by atoms with van der Waals surface area (Å²) >= 11 is 0. The van der Waals surface area contributed by atoms with Crippen LogP contribution in [0.4, 0.5) is 0 Å². The fourth-order valence-corrected chi connectivity index (χ4v) is 3.07. The van der Waals surface area contributed by atoms with E-state index in [-0.39, 0.29) is 12.1 Å². The van der Waals surface area contributed by atoms with Gasteiger partial charge in [-0.25, -0.2) is 0 Å². The summed E-state index contributed by atoms with van der Waals surface area (Å²) in [5.41, 5.74) is 2.59. The van der Waals surface area contributed by atoms with E-state index in [2.05, 4.69) is 60.4 Å². The van der Waals surface area contributed by atoms with E-state index in [1.807, 2.05) is 19.1 Å². The van der Waals surface area contributed by atoms with E-state index in [0.717, 1.165) is 32.4 Å². The molecule has 2 atom stereocenters. The minimum atomic E-state index is -0.325. The summed E-state index contributed by atoms with van der Waals surface area (Å²) in [5, 5.41) is 10.3. The zero-order valence-corrected chi connectivity index (χ0v) is 14.4. The van der Waals surface area contributed by atoms with Crippen molar-refractivity contribution in [2.45, 2.75) is 58.3 Å². The Bertz CT molecular complexity index is 497. The van der Waals surface area contributed by atoms with Crippen molar-refractivity contribution < 1.29 is 5.11 Å². The van der Waals surface area contributed by atoms with E-state index in [1.54, 1.807) is 0 Å². The summed E-state index contributed by atoms with van der Waals surface area (Å²) in [6.07, 6.45) is 3.02. The number of rotatable bonds is 9. The lowest BCUT2D eigenvalue weighted by molar-refractivity contribution is 0.0443. The molecular weight excluding hydrogens is 282 g/mol.